The smallest absolute Gasteiger partial charge is 0.222 e. The van der Waals surface area contributed by atoms with Gasteiger partial charge in [0, 0.05) is 23.2 Å². The molecule has 0 bridgehead atoms. The average molecular weight is 435 g/mol. The predicted octanol–water partition coefficient (Wildman–Crippen LogP) is 4.10. The van der Waals surface area contributed by atoms with Gasteiger partial charge in [-0.1, -0.05) is 29.8 Å². The van der Waals surface area contributed by atoms with Gasteiger partial charge in [-0.3, -0.25) is 0 Å². The van der Waals surface area contributed by atoms with E-state index in [0.29, 0.717) is 29.5 Å². The molecule has 2 aromatic carbocycles. The quantitative estimate of drug-likeness (QED) is 0.543. The highest BCUT2D eigenvalue weighted by atomic mass is 35.5. The van der Waals surface area contributed by atoms with E-state index in [4.69, 9.17) is 17.3 Å². The molecule has 29 heavy (non-hydrogen) atoms. The van der Waals surface area contributed by atoms with Crippen molar-refractivity contribution in [1.82, 2.24) is 9.97 Å². The molecule has 1 heterocycles. The Labute approximate surface area is 173 Å². The molecule has 0 atom stereocenters. The van der Waals surface area contributed by atoms with Gasteiger partial charge in [-0.2, -0.15) is 4.98 Å². The number of halogens is 2. The van der Waals surface area contributed by atoms with Gasteiger partial charge in [0.05, 0.1) is 16.3 Å². The van der Waals surface area contributed by atoms with E-state index in [1.54, 1.807) is 12.1 Å². The fraction of sp³-hybridized carbons (Fsp3) is 0.200. The Morgan fingerprint density at radius 1 is 1.14 bits per heavy atom. The van der Waals surface area contributed by atoms with Gasteiger partial charge < -0.3 is 11.1 Å². The van der Waals surface area contributed by atoms with Crippen LogP contribution in [0.2, 0.25) is 5.02 Å². The number of hydrogen-bond donors (Lipinski definition) is 2. The number of rotatable bonds is 7. The maximum atomic E-state index is 13.3. The van der Waals surface area contributed by atoms with E-state index in [9.17, 15) is 12.8 Å². The number of nitrogens with one attached hydrogen (secondary N) is 1. The van der Waals surface area contributed by atoms with Gasteiger partial charge in [0.2, 0.25) is 5.95 Å². The molecule has 0 saturated heterocycles. The van der Waals surface area contributed by atoms with E-state index in [1.165, 1.54) is 18.2 Å². The van der Waals surface area contributed by atoms with Crippen molar-refractivity contribution in [2.24, 2.45) is 0 Å². The van der Waals surface area contributed by atoms with Crippen LogP contribution in [-0.2, 0) is 9.84 Å². The number of nitrogens with two attached hydrogens (primary N) is 1. The van der Waals surface area contributed by atoms with E-state index < -0.39 is 15.7 Å². The molecule has 3 rings (SSSR count). The lowest BCUT2D eigenvalue weighted by atomic mass is 10.1. The Morgan fingerprint density at radius 3 is 2.66 bits per heavy atom. The molecule has 0 amide bonds. The van der Waals surface area contributed by atoms with Crippen molar-refractivity contribution >= 4 is 33.2 Å². The summed E-state index contributed by atoms with van der Waals surface area (Å²) in [6, 6.07) is 12.2. The first-order valence-electron chi connectivity index (χ1n) is 8.88. The van der Waals surface area contributed by atoms with Crippen molar-refractivity contribution < 1.29 is 12.8 Å². The first-order valence-corrected chi connectivity index (χ1v) is 10.9. The lowest BCUT2D eigenvalue weighted by Gasteiger charge is -2.11. The molecule has 0 saturated carbocycles. The first kappa shape index (κ1) is 21.0. The minimum atomic E-state index is -3.56. The van der Waals surface area contributed by atoms with Crippen LogP contribution in [-0.4, -0.2) is 30.7 Å². The Bertz CT molecular complexity index is 1140. The second-order valence-electron chi connectivity index (χ2n) is 6.47. The van der Waals surface area contributed by atoms with Crippen LogP contribution >= 0.6 is 11.6 Å². The van der Waals surface area contributed by atoms with Crippen LogP contribution in [0.15, 0.2) is 53.4 Å². The molecule has 3 N–H and O–H groups in total. The Kier molecular flexibility index (Phi) is 6.34. The molecule has 0 aliphatic rings. The van der Waals surface area contributed by atoms with Crippen molar-refractivity contribution in [3.8, 4) is 11.3 Å². The number of nitrogen functional groups attached to an aromatic ring is 1. The standard InChI is InChI=1S/C20H20ClFN4O2S/c1-13-16(7-3-8-17(13)21)18-12-19(26-20(23)25-18)24-9-4-10-29(27,28)15-6-2-5-14(22)11-15/h2-3,5-8,11-12H,4,9-10H2,1H3,(H3,23,24,25,26). The van der Waals surface area contributed by atoms with E-state index in [1.807, 2.05) is 19.1 Å². The van der Waals surface area contributed by atoms with Gasteiger partial charge in [-0.25, -0.2) is 17.8 Å². The van der Waals surface area contributed by atoms with E-state index >= 15 is 0 Å². The van der Waals surface area contributed by atoms with Gasteiger partial charge >= 0.3 is 0 Å². The zero-order valence-electron chi connectivity index (χ0n) is 15.7. The largest absolute Gasteiger partial charge is 0.370 e. The van der Waals surface area contributed by atoms with Crippen molar-refractivity contribution in [1.29, 1.82) is 0 Å². The molecule has 6 nitrogen and oxygen atoms in total. The Hall–Kier alpha value is -2.71. The summed E-state index contributed by atoms with van der Waals surface area (Å²) in [4.78, 5) is 8.37. The average Bonchev–Trinajstić information content (AvgIpc) is 2.67. The van der Waals surface area contributed by atoms with Crippen LogP contribution < -0.4 is 11.1 Å². The molecule has 1 aromatic heterocycles. The van der Waals surface area contributed by atoms with Crippen LogP contribution in [0.3, 0.4) is 0 Å². The lowest BCUT2D eigenvalue weighted by Crippen LogP contribution is -2.13. The van der Waals surface area contributed by atoms with E-state index in [0.717, 1.165) is 17.2 Å². The third-order valence-corrected chi connectivity index (χ3v) is 6.55. The summed E-state index contributed by atoms with van der Waals surface area (Å²) < 4.78 is 37.9. The van der Waals surface area contributed by atoms with Gasteiger partial charge in [-0.15, -0.1) is 0 Å². The molecule has 0 aliphatic carbocycles. The molecule has 0 unspecified atom stereocenters. The Morgan fingerprint density at radius 2 is 1.90 bits per heavy atom. The van der Waals surface area contributed by atoms with Gasteiger partial charge in [0.25, 0.3) is 0 Å². The molecule has 0 aliphatic heterocycles. The second-order valence-corrected chi connectivity index (χ2v) is 8.98. The molecule has 3 aromatic rings. The third kappa shape index (κ3) is 5.21. The van der Waals surface area contributed by atoms with Crippen LogP contribution in [0, 0.1) is 12.7 Å². The minimum absolute atomic E-state index is 0.0255. The van der Waals surface area contributed by atoms with Gasteiger partial charge in [0.1, 0.15) is 11.6 Å². The van der Waals surface area contributed by atoms with E-state index in [-0.39, 0.29) is 16.6 Å². The number of hydrogen-bond acceptors (Lipinski definition) is 6. The molecular formula is C20H20ClFN4O2S. The highest BCUT2D eigenvalue weighted by molar-refractivity contribution is 7.91. The maximum Gasteiger partial charge on any atom is 0.222 e. The van der Waals surface area contributed by atoms with Gasteiger partial charge in [-0.05, 0) is 43.2 Å². The summed E-state index contributed by atoms with van der Waals surface area (Å²) in [6.45, 7) is 2.24. The summed E-state index contributed by atoms with van der Waals surface area (Å²) in [7, 11) is -3.56. The van der Waals surface area contributed by atoms with Crippen molar-refractivity contribution in [2.75, 3.05) is 23.3 Å². The van der Waals surface area contributed by atoms with Crippen molar-refractivity contribution in [3.63, 3.8) is 0 Å². The third-order valence-electron chi connectivity index (χ3n) is 4.34. The summed E-state index contributed by atoms with van der Waals surface area (Å²) in [5.74, 6) is -0.124. The topological polar surface area (TPSA) is 98.0 Å². The summed E-state index contributed by atoms with van der Waals surface area (Å²) in [5, 5.41) is 3.68. The number of anilines is 2. The number of benzene rings is 2. The zero-order chi connectivity index (χ0) is 21.0. The van der Waals surface area contributed by atoms with Crippen LogP contribution in [0.4, 0.5) is 16.2 Å². The molecule has 152 valence electrons. The fourth-order valence-corrected chi connectivity index (χ4v) is 4.35. The van der Waals surface area contributed by atoms with Crippen LogP contribution in [0.5, 0.6) is 0 Å². The molecular weight excluding hydrogens is 415 g/mol. The van der Waals surface area contributed by atoms with Crippen molar-refractivity contribution in [3.05, 3.63) is 64.9 Å². The van der Waals surface area contributed by atoms with Gasteiger partial charge in [0.15, 0.2) is 9.84 Å². The lowest BCUT2D eigenvalue weighted by molar-refractivity contribution is 0.589. The SMILES string of the molecule is Cc1c(Cl)cccc1-c1cc(NCCCS(=O)(=O)c2cccc(F)c2)nc(N)n1. The number of nitrogens with zero attached hydrogens (tertiary/aromatic N) is 2. The summed E-state index contributed by atoms with van der Waals surface area (Å²) in [5.41, 5.74) is 8.15. The minimum Gasteiger partial charge on any atom is -0.370 e. The molecule has 9 heteroatoms. The normalized spacial score (nSPS) is 11.4. The zero-order valence-corrected chi connectivity index (χ0v) is 17.3. The number of aromatic nitrogens is 2. The monoisotopic (exact) mass is 434 g/mol. The highest BCUT2D eigenvalue weighted by Gasteiger charge is 2.15. The summed E-state index contributed by atoms with van der Waals surface area (Å²) >= 11 is 6.18. The Balaban J connectivity index is 1.67. The van der Waals surface area contributed by atoms with E-state index in [2.05, 4.69) is 15.3 Å². The first-order chi connectivity index (χ1) is 13.8. The molecule has 0 fully saturated rings. The maximum absolute atomic E-state index is 13.3. The highest BCUT2D eigenvalue weighted by Crippen LogP contribution is 2.28. The fourth-order valence-electron chi connectivity index (χ4n) is 2.84. The molecule has 0 radical (unpaired) electrons. The van der Waals surface area contributed by atoms with Crippen molar-refractivity contribution in [2.45, 2.75) is 18.2 Å². The second kappa shape index (κ2) is 8.75. The summed E-state index contributed by atoms with van der Waals surface area (Å²) in [6.07, 6.45) is 0.314. The molecule has 0 spiro atoms. The van der Waals surface area contributed by atoms with Crippen LogP contribution in [0.1, 0.15) is 12.0 Å². The van der Waals surface area contributed by atoms with Crippen LogP contribution in [0.25, 0.3) is 11.3 Å². The number of sulfone groups is 1. The predicted molar refractivity (Wildman–Crippen MR) is 113 cm³/mol.